The van der Waals surface area contributed by atoms with Gasteiger partial charge in [0.1, 0.15) is 0 Å². The van der Waals surface area contributed by atoms with Gasteiger partial charge in [0.05, 0.1) is 5.57 Å². The summed E-state index contributed by atoms with van der Waals surface area (Å²) in [5, 5.41) is 0. The van der Waals surface area contributed by atoms with E-state index < -0.39 is 15.9 Å². The molecule has 2 N–H and O–H groups in total. The van der Waals surface area contributed by atoms with Crippen LogP contribution in [0.3, 0.4) is 0 Å². The Balaban J connectivity index is 4.26. The Morgan fingerprint density at radius 2 is 1.79 bits per heavy atom. The van der Waals surface area contributed by atoms with E-state index in [0.717, 1.165) is 0 Å². The molecule has 0 radical (unpaired) electrons. The van der Waals surface area contributed by atoms with Crippen molar-refractivity contribution < 1.29 is 28.7 Å². The highest BCUT2D eigenvalue weighted by atomic mass is 80.0. The highest BCUT2D eigenvalue weighted by Crippen LogP contribution is 2.42. The van der Waals surface area contributed by atoms with Crippen LogP contribution in [0.2, 0.25) is 0 Å². The van der Waals surface area contributed by atoms with Gasteiger partial charge in [-0.1, -0.05) is 59.0 Å². The minimum absolute atomic E-state index is 0.189. The van der Waals surface area contributed by atoms with Gasteiger partial charge in [-0.05, 0) is 0 Å². The third kappa shape index (κ3) is 6.28. The molecule has 0 aliphatic carbocycles. The maximum Gasteiger partial charge on any atom is 0.505 e. The number of carbonyl (C=O) groups is 1. The van der Waals surface area contributed by atoms with E-state index >= 15 is 0 Å². The summed E-state index contributed by atoms with van der Waals surface area (Å²) in [4.78, 5) is 31.2. The highest BCUT2D eigenvalue weighted by Gasteiger charge is 2.31. The van der Waals surface area contributed by atoms with E-state index in [0.29, 0.717) is 0 Å². The van der Waals surface area contributed by atoms with Crippen molar-refractivity contribution in [3.05, 3.63) is 12.2 Å². The van der Waals surface area contributed by atoms with Crippen molar-refractivity contribution >= 4 is 61.6 Å². The second kappa shape index (κ2) is 5.20. The number of carbonyl (C=O) groups excluding carboxylic acids is 1. The van der Waals surface area contributed by atoms with E-state index in [1.807, 2.05) is 0 Å². The van der Waals surface area contributed by atoms with Crippen molar-refractivity contribution in [1.82, 2.24) is 0 Å². The van der Waals surface area contributed by atoms with Crippen molar-refractivity contribution in [3.63, 3.8) is 0 Å². The quantitative estimate of drug-likeness (QED) is 0.239. The molecular weight excluding hydrogens is 415 g/mol. The van der Waals surface area contributed by atoms with Gasteiger partial charge < -0.3 is 9.79 Å². The molecule has 0 heterocycles. The summed E-state index contributed by atoms with van der Waals surface area (Å²) >= 11 is 8.85. The maximum absolute atomic E-state index is 11.0. The van der Waals surface area contributed by atoms with Gasteiger partial charge in [0.2, 0.25) is 0 Å². The van der Waals surface area contributed by atoms with E-state index in [9.17, 15) is 9.36 Å². The maximum atomic E-state index is 11.0. The van der Waals surface area contributed by atoms with Crippen molar-refractivity contribution in [3.8, 4) is 0 Å². The van der Waals surface area contributed by atoms with Crippen LogP contribution in [0.1, 0.15) is 0 Å². The van der Waals surface area contributed by atoms with Crippen LogP contribution < -0.4 is 0 Å². The predicted molar refractivity (Wildman–Crippen MR) is 57.9 cm³/mol. The largest absolute Gasteiger partial charge is 0.505 e. The van der Waals surface area contributed by atoms with Crippen LogP contribution in [0.5, 0.6) is 0 Å². The first-order valence-electron chi connectivity index (χ1n) is 2.76. The first kappa shape index (κ1) is 14.8. The standard InChI is InChI=1S/C4H4Br3O6P/c1-2(4(5,6)7)3(8)12-13-14(9,10)11/h1H2,(H2,9,10,11). The first-order chi connectivity index (χ1) is 6.04. The topological polar surface area (TPSA) is 93.1 Å². The molecule has 0 rings (SSSR count). The van der Waals surface area contributed by atoms with Crippen molar-refractivity contribution in [2.75, 3.05) is 0 Å². The van der Waals surface area contributed by atoms with E-state index in [-0.39, 0.29) is 5.57 Å². The SMILES string of the molecule is C=C(C(=O)OOP(=O)(O)O)C(Br)(Br)Br. The highest BCUT2D eigenvalue weighted by molar-refractivity contribution is 9.39. The Hall–Kier alpha value is 0.760. The molecule has 10 heteroatoms. The monoisotopic (exact) mass is 416 g/mol. The lowest BCUT2D eigenvalue weighted by Crippen LogP contribution is -2.16. The average molecular weight is 419 g/mol. The lowest BCUT2D eigenvalue weighted by Gasteiger charge is -2.13. The third-order valence-corrected chi connectivity index (χ3v) is 2.50. The molecule has 0 saturated carbocycles. The van der Waals surface area contributed by atoms with E-state index in [4.69, 9.17) is 9.79 Å². The lowest BCUT2D eigenvalue weighted by atomic mass is 10.4. The van der Waals surface area contributed by atoms with Crippen molar-refractivity contribution in [1.29, 1.82) is 0 Å². The summed E-state index contributed by atoms with van der Waals surface area (Å²) in [7, 11) is -4.84. The number of halogens is 3. The van der Waals surface area contributed by atoms with Crippen LogP contribution in [-0.2, 0) is 18.9 Å². The second-order valence-electron chi connectivity index (χ2n) is 1.91. The molecule has 0 aromatic heterocycles. The molecule has 0 spiro atoms. The molecule has 6 nitrogen and oxygen atoms in total. The second-order valence-corrected chi connectivity index (χ2v) is 9.80. The Kier molecular flexibility index (Phi) is 5.48. The normalized spacial score (nSPS) is 12.4. The van der Waals surface area contributed by atoms with Gasteiger partial charge in [0, 0.05) is 0 Å². The van der Waals surface area contributed by atoms with Gasteiger partial charge in [0.25, 0.3) is 0 Å². The van der Waals surface area contributed by atoms with E-state index in [2.05, 4.69) is 63.9 Å². The number of hydrogen-bond acceptors (Lipinski definition) is 4. The molecule has 14 heavy (non-hydrogen) atoms. The van der Waals surface area contributed by atoms with Crippen molar-refractivity contribution in [2.45, 2.75) is 2.14 Å². The van der Waals surface area contributed by atoms with Gasteiger partial charge in [-0.2, -0.15) is 0 Å². The lowest BCUT2D eigenvalue weighted by molar-refractivity contribution is -0.217. The number of hydrogen-bond donors (Lipinski definition) is 2. The third-order valence-electron chi connectivity index (χ3n) is 0.799. The number of phosphoric acid groups is 1. The Labute approximate surface area is 104 Å². The fourth-order valence-corrected chi connectivity index (χ4v) is 0.899. The summed E-state index contributed by atoms with van der Waals surface area (Å²) in [5.74, 6) is -1.14. The minimum Gasteiger partial charge on any atom is -0.301 e. The van der Waals surface area contributed by atoms with Crippen LogP contribution in [0, 0.1) is 0 Å². The average Bonchev–Trinajstić information content (AvgIpc) is 1.95. The van der Waals surface area contributed by atoms with Crippen LogP contribution in [0.25, 0.3) is 0 Å². The molecule has 82 valence electrons. The summed E-state index contributed by atoms with van der Waals surface area (Å²) < 4.78 is 12.5. The Morgan fingerprint density at radius 1 is 1.36 bits per heavy atom. The Bertz CT molecular complexity index is 290. The zero-order valence-corrected chi connectivity index (χ0v) is 12.0. The predicted octanol–water partition coefficient (Wildman–Crippen LogP) is 1.95. The zero-order valence-electron chi connectivity index (χ0n) is 6.32. The smallest absolute Gasteiger partial charge is 0.301 e. The zero-order chi connectivity index (χ0) is 11.6. The molecule has 0 unspecified atom stereocenters. The first-order valence-corrected chi connectivity index (χ1v) is 6.67. The fourth-order valence-electron chi connectivity index (χ4n) is 0.248. The fraction of sp³-hybridized carbons (Fsp3) is 0.250. The van der Waals surface area contributed by atoms with Crippen LogP contribution >= 0.6 is 55.6 Å². The Morgan fingerprint density at radius 3 is 2.07 bits per heavy atom. The number of rotatable bonds is 3. The molecule has 0 amide bonds. The molecule has 0 aromatic rings. The summed E-state index contributed by atoms with van der Waals surface area (Å²) in [5.41, 5.74) is -0.189. The summed E-state index contributed by atoms with van der Waals surface area (Å²) in [6, 6.07) is 0. The molecule has 0 aliphatic rings. The van der Waals surface area contributed by atoms with Gasteiger partial charge in [-0.3, -0.25) is 4.89 Å². The molecular formula is C4H4Br3O6P. The van der Waals surface area contributed by atoms with Crippen molar-refractivity contribution in [2.24, 2.45) is 0 Å². The number of alkyl halides is 3. The molecule has 0 aromatic carbocycles. The molecule has 0 fully saturated rings. The van der Waals surface area contributed by atoms with Crippen LogP contribution in [0.4, 0.5) is 0 Å². The molecule has 0 bridgehead atoms. The molecule has 0 atom stereocenters. The summed E-state index contributed by atoms with van der Waals surface area (Å²) in [6.07, 6.45) is 0. The van der Waals surface area contributed by atoms with Gasteiger partial charge >= 0.3 is 13.8 Å². The molecule has 0 aliphatic heterocycles. The van der Waals surface area contributed by atoms with E-state index in [1.54, 1.807) is 0 Å². The van der Waals surface area contributed by atoms with Crippen LogP contribution in [-0.4, -0.2) is 17.9 Å². The van der Waals surface area contributed by atoms with Gasteiger partial charge in [0.15, 0.2) is 2.14 Å². The van der Waals surface area contributed by atoms with E-state index in [1.165, 1.54) is 0 Å². The minimum atomic E-state index is -4.84. The van der Waals surface area contributed by atoms with Gasteiger partial charge in [-0.15, -0.1) is 0 Å². The van der Waals surface area contributed by atoms with Crippen LogP contribution in [0.15, 0.2) is 12.2 Å². The van der Waals surface area contributed by atoms with Gasteiger partial charge in [-0.25, -0.2) is 9.36 Å². The summed E-state index contributed by atoms with van der Waals surface area (Å²) in [6.45, 7) is 3.28. The molecule has 0 saturated heterocycles.